The van der Waals surface area contributed by atoms with Crippen molar-refractivity contribution < 1.29 is 0 Å². The van der Waals surface area contributed by atoms with Crippen molar-refractivity contribution in [3.05, 3.63) is 41.3 Å². The van der Waals surface area contributed by atoms with Crippen LogP contribution < -0.4 is 0 Å². The maximum Gasteiger partial charge on any atom is 0.121 e. The predicted octanol–water partition coefficient (Wildman–Crippen LogP) is 3.69. The number of hydrogen-bond donors (Lipinski definition) is 1. The number of H-pyrrole nitrogens is 1. The van der Waals surface area contributed by atoms with Gasteiger partial charge in [-0.05, 0) is 48.4 Å². The van der Waals surface area contributed by atoms with Crippen LogP contribution in [0, 0.1) is 0 Å². The Hall–Kier alpha value is -1.28. The van der Waals surface area contributed by atoms with E-state index in [1.54, 1.807) is 0 Å². The smallest absolute Gasteiger partial charge is 0.121 e. The summed E-state index contributed by atoms with van der Waals surface area (Å²) in [5, 5.41) is 0. The molecule has 17 heavy (non-hydrogen) atoms. The van der Waals surface area contributed by atoms with Crippen molar-refractivity contribution in [1.29, 1.82) is 0 Å². The third-order valence-electron chi connectivity index (χ3n) is 3.41. The lowest BCUT2D eigenvalue weighted by atomic mass is 9.90. The normalized spacial score (nSPS) is 14.6. The molecule has 1 aliphatic carbocycles. The lowest BCUT2D eigenvalue weighted by Crippen LogP contribution is -2.02. The Morgan fingerprint density at radius 2 is 2.00 bits per heavy atom. The number of hydrogen-bond acceptors (Lipinski definition) is 1. The number of aryl methyl sites for hydroxylation is 2. The second-order valence-electron chi connectivity index (χ2n) is 4.57. The first-order chi connectivity index (χ1) is 8.36. The third kappa shape index (κ3) is 2.09. The molecular formula is C14H15ClN2. The van der Waals surface area contributed by atoms with Gasteiger partial charge in [-0.25, -0.2) is 4.98 Å². The Bertz CT molecular complexity index is 531. The topological polar surface area (TPSA) is 28.7 Å². The lowest BCUT2D eigenvalue weighted by Gasteiger charge is -2.16. The van der Waals surface area contributed by atoms with Crippen LogP contribution in [0.3, 0.4) is 0 Å². The van der Waals surface area contributed by atoms with Crippen LogP contribution in [0.15, 0.2) is 24.4 Å². The van der Waals surface area contributed by atoms with Crippen LogP contribution in [0.2, 0.25) is 0 Å². The first-order valence-electron chi connectivity index (χ1n) is 6.09. The summed E-state index contributed by atoms with van der Waals surface area (Å²) in [5.74, 6) is 1.27. The van der Waals surface area contributed by atoms with E-state index in [2.05, 4.69) is 28.2 Å². The van der Waals surface area contributed by atoms with E-state index in [1.165, 1.54) is 42.4 Å². The molecule has 3 heteroatoms. The molecular weight excluding hydrogens is 232 g/mol. The molecule has 1 aromatic carbocycles. The van der Waals surface area contributed by atoms with Gasteiger partial charge in [0, 0.05) is 0 Å². The second-order valence-corrected chi connectivity index (χ2v) is 4.84. The fraction of sp³-hybridized carbons (Fsp3) is 0.357. The minimum absolute atomic E-state index is 0.435. The number of rotatable bonds is 2. The molecule has 88 valence electrons. The van der Waals surface area contributed by atoms with Gasteiger partial charge in [-0.2, -0.15) is 0 Å². The minimum atomic E-state index is 0.435. The average molecular weight is 247 g/mol. The Kier molecular flexibility index (Phi) is 2.89. The summed E-state index contributed by atoms with van der Waals surface area (Å²) in [4.78, 5) is 7.48. The van der Waals surface area contributed by atoms with Gasteiger partial charge in [0.2, 0.25) is 0 Å². The molecule has 0 unspecified atom stereocenters. The molecule has 3 rings (SSSR count). The highest BCUT2D eigenvalue weighted by atomic mass is 35.5. The number of fused-ring (bicyclic) bond motifs is 1. The van der Waals surface area contributed by atoms with Crippen molar-refractivity contribution in [2.75, 3.05) is 0 Å². The Morgan fingerprint density at radius 3 is 2.76 bits per heavy atom. The van der Waals surface area contributed by atoms with Crippen molar-refractivity contribution in [2.24, 2.45) is 0 Å². The Morgan fingerprint density at radius 1 is 1.18 bits per heavy atom. The van der Waals surface area contributed by atoms with Crippen molar-refractivity contribution in [3.8, 4) is 11.3 Å². The zero-order chi connectivity index (χ0) is 11.7. The van der Waals surface area contributed by atoms with Crippen molar-refractivity contribution in [3.63, 3.8) is 0 Å². The van der Waals surface area contributed by atoms with E-state index in [0.29, 0.717) is 5.88 Å². The van der Waals surface area contributed by atoms with Crippen molar-refractivity contribution in [1.82, 2.24) is 9.97 Å². The van der Waals surface area contributed by atoms with E-state index < -0.39 is 0 Å². The van der Waals surface area contributed by atoms with Gasteiger partial charge < -0.3 is 4.98 Å². The van der Waals surface area contributed by atoms with Crippen LogP contribution in [-0.2, 0) is 18.7 Å². The van der Waals surface area contributed by atoms with Gasteiger partial charge in [0.15, 0.2) is 0 Å². The van der Waals surface area contributed by atoms with E-state index in [4.69, 9.17) is 11.6 Å². The van der Waals surface area contributed by atoms with E-state index >= 15 is 0 Å². The van der Waals surface area contributed by atoms with Gasteiger partial charge in [0.25, 0.3) is 0 Å². The molecule has 0 radical (unpaired) electrons. The fourth-order valence-corrected chi connectivity index (χ4v) is 2.61. The van der Waals surface area contributed by atoms with Gasteiger partial charge in [0.1, 0.15) is 5.82 Å². The van der Waals surface area contributed by atoms with Crippen LogP contribution in [0.1, 0.15) is 29.8 Å². The summed E-state index contributed by atoms with van der Waals surface area (Å²) in [5.41, 5.74) is 5.29. The molecule has 2 nitrogen and oxygen atoms in total. The molecule has 1 aromatic heterocycles. The molecule has 1 N–H and O–H groups in total. The second kappa shape index (κ2) is 4.53. The van der Waals surface area contributed by atoms with Crippen LogP contribution in [-0.4, -0.2) is 9.97 Å². The molecule has 1 heterocycles. The highest BCUT2D eigenvalue weighted by Gasteiger charge is 2.11. The van der Waals surface area contributed by atoms with Crippen LogP contribution in [0.5, 0.6) is 0 Å². The zero-order valence-corrected chi connectivity index (χ0v) is 10.4. The molecule has 0 bridgehead atoms. The van der Waals surface area contributed by atoms with Gasteiger partial charge in [-0.15, -0.1) is 11.6 Å². The average Bonchev–Trinajstić information content (AvgIpc) is 2.87. The predicted molar refractivity (Wildman–Crippen MR) is 70.2 cm³/mol. The zero-order valence-electron chi connectivity index (χ0n) is 9.67. The minimum Gasteiger partial charge on any atom is -0.341 e. The van der Waals surface area contributed by atoms with E-state index in [9.17, 15) is 0 Å². The van der Waals surface area contributed by atoms with Crippen LogP contribution in [0.4, 0.5) is 0 Å². The maximum absolute atomic E-state index is 5.75. The van der Waals surface area contributed by atoms with Gasteiger partial charge >= 0.3 is 0 Å². The number of halogens is 1. The maximum atomic E-state index is 5.75. The molecule has 0 fully saturated rings. The monoisotopic (exact) mass is 246 g/mol. The number of alkyl halides is 1. The number of aromatic nitrogens is 2. The molecule has 0 amide bonds. The molecule has 2 aromatic rings. The molecule has 0 saturated carbocycles. The fourth-order valence-electron chi connectivity index (χ4n) is 2.48. The number of benzene rings is 1. The molecule has 0 atom stereocenters. The highest BCUT2D eigenvalue weighted by Crippen LogP contribution is 2.26. The first kappa shape index (κ1) is 10.8. The van der Waals surface area contributed by atoms with Crippen LogP contribution >= 0.6 is 11.6 Å². The van der Waals surface area contributed by atoms with E-state index in [0.717, 1.165) is 11.5 Å². The lowest BCUT2D eigenvalue weighted by molar-refractivity contribution is 0.686. The molecule has 1 aliphatic rings. The summed E-state index contributed by atoms with van der Waals surface area (Å²) in [7, 11) is 0. The van der Waals surface area contributed by atoms with Gasteiger partial charge in [-0.1, -0.05) is 12.1 Å². The summed E-state index contributed by atoms with van der Waals surface area (Å²) < 4.78 is 0. The summed E-state index contributed by atoms with van der Waals surface area (Å²) >= 11 is 5.75. The standard InChI is InChI=1S/C14H15ClN2/c15-8-14-16-9-13(17-14)12-6-5-10-3-1-2-4-11(10)7-12/h5-7,9H,1-4,8H2,(H,16,17). The Balaban J connectivity index is 1.97. The van der Waals surface area contributed by atoms with Crippen molar-refractivity contribution >= 4 is 11.6 Å². The molecule has 0 aliphatic heterocycles. The largest absolute Gasteiger partial charge is 0.341 e. The van der Waals surface area contributed by atoms with Crippen molar-refractivity contribution in [2.45, 2.75) is 31.6 Å². The Labute approximate surface area is 106 Å². The summed E-state index contributed by atoms with van der Waals surface area (Å²) in [6, 6.07) is 6.72. The van der Waals surface area contributed by atoms with E-state index in [1.807, 2.05) is 6.20 Å². The number of aromatic amines is 1. The molecule has 0 saturated heterocycles. The third-order valence-corrected chi connectivity index (χ3v) is 3.67. The van der Waals surface area contributed by atoms with Gasteiger partial charge in [0.05, 0.1) is 17.8 Å². The number of imidazole rings is 1. The number of nitrogens with zero attached hydrogens (tertiary/aromatic N) is 1. The highest BCUT2D eigenvalue weighted by molar-refractivity contribution is 6.16. The number of nitrogens with one attached hydrogen (secondary N) is 1. The van der Waals surface area contributed by atoms with Gasteiger partial charge in [-0.3, -0.25) is 0 Å². The van der Waals surface area contributed by atoms with E-state index in [-0.39, 0.29) is 0 Å². The summed E-state index contributed by atoms with van der Waals surface area (Å²) in [6.07, 6.45) is 6.94. The quantitative estimate of drug-likeness (QED) is 0.805. The molecule has 0 spiro atoms. The van der Waals surface area contributed by atoms with Crippen LogP contribution in [0.25, 0.3) is 11.3 Å². The summed E-state index contributed by atoms with van der Waals surface area (Å²) in [6.45, 7) is 0. The first-order valence-corrected chi connectivity index (χ1v) is 6.62. The SMILES string of the molecule is ClCc1ncc(-c2ccc3c(c2)CCCC3)[nH]1.